The molecule has 0 aromatic carbocycles. The monoisotopic (exact) mass is 271 g/mol. The van der Waals surface area contributed by atoms with Crippen LogP contribution in [0, 0.1) is 17.2 Å². The van der Waals surface area contributed by atoms with Gasteiger partial charge in [-0.05, 0) is 43.7 Å². The quantitative estimate of drug-likeness (QED) is 0.911. The van der Waals surface area contributed by atoms with Gasteiger partial charge in [0.1, 0.15) is 11.9 Å². The van der Waals surface area contributed by atoms with Crippen LogP contribution in [0.5, 0.6) is 0 Å². The minimum Gasteiger partial charge on any atom is -0.481 e. The molecule has 3 heterocycles. The van der Waals surface area contributed by atoms with Gasteiger partial charge in [0, 0.05) is 24.7 Å². The minimum absolute atomic E-state index is 0.258. The van der Waals surface area contributed by atoms with Crippen molar-refractivity contribution in [2.75, 3.05) is 4.90 Å². The highest BCUT2D eigenvalue weighted by atomic mass is 16.4. The van der Waals surface area contributed by atoms with Crippen molar-refractivity contribution in [2.24, 2.45) is 5.92 Å². The Morgan fingerprint density at radius 2 is 2.15 bits per heavy atom. The fraction of sp³-hybridized carbons (Fsp3) is 0.533. The lowest BCUT2D eigenvalue weighted by Gasteiger charge is -2.39. The number of nitrogens with zero attached hydrogens (tertiary/aromatic N) is 3. The van der Waals surface area contributed by atoms with E-state index in [0.29, 0.717) is 17.6 Å². The zero-order chi connectivity index (χ0) is 14.1. The van der Waals surface area contributed by atoms with Gasteiger partial charge in [0.15, 0.2) is 0 Å². The molecule has 0 radical (unpaired) electrons. The van der Waals surface area contributed by atoms with Crippen molar-refractivity contribution in [3.8, 4) is 6.07 Å². The van der Waals surface area contributed by atoms with Crippen LogP contribution < -0.4 is 4.90 Å². The number of fused-ring (bicyclic) bond motifs is 2. The number of anilines is 1. The van der Waals surface area contributed by atoms with E-state index in [4.69, 9.17) is 5.11 Å². The van der Waals surface area contributed by atoms with E-state index in [2.05, 4.69) is 16.0 Å². The van der Waals surface area contributed by atoms with E-state index < -0.39 is 5.97 Å². The second kappa shape index (κ2) is 5.12. The normalized spacial score (nSPS) is 28.1. The lowest BCUT2D eigenvalue weighted by atomic mass is 9.88. The van der Waals surface area contributed by atoms with Crippen LogP contribution in [0.2, 0.25) is 0 Å². The number of carbonyl (C=O) groups is 1. The molecule has 1 N–H and O–H groups in total. The molecule has 3 rings (SSSR count). The Bertz CT molecular complexity index is 552. The molecule has 104 valence electrons. The van der Waals surface area contributed by atoms with E-state index in [1.807, 2.05) is 0 Å². The van der Waals surface area contributed by atoms with Crippen molar-refractivity contribution in [1.82, 2.24) is 4.98 Å². The van der Waals surface area contributed by atoms with Crippen molar-refractivity contribution in [3.05, 3.63) is 23.9 Å². The highest BCUT2D eigenvalue weighted by Gasteiger charge is 2.42. The molecule has 20 heavy (non-hydrogen) atoms. The smallest absolute Gasteiger partial charge is 0.303 e. The molecule has 2 fully saturated rings. The lowest BCUT2D eigenvalue weighted by Crippen LogP contribution is -2.44. The number of rotatable bonds is 3. The highest BCUT2D eigenvalue weighted by Crippen LogP contribution is 2.42. The van der Waals surface area contributed by atoms with Gasteiger partial charge in [0.25, 0.3) is 0 Å². The van der Waals surface area contributed by atoms with Crippen LogP contribution in [-0.4, -0.2) is 28.1 Å². The number of nitriles is 1. The molecule has 0 aliphatic carbocycles. The number of carboxylic acids is 1. The second-order valence-corrected chi connectivity index (χ2v) is 5.71. The van der Waals surface area contributed by atoms with E-state index in [1.54, 1.807) is 18.3 Å². The molecule has 0 saturated carbocycles. The molecule has 2 saturated heterocycles. The number of aliphatic carboxylic acids is 1. The molecular formula is C15H17N3O2. The number of carboxylic acid groups (broad SMARTS) is 1. The maximum atomic E-state index is 10.9. The first kappa shape index (κ1) is 12.9. The van der Waals surface area contributed by atoms with Gasteiger partial charge in [0.05, 0.1) is 5.56 Å². The van der Waals surface area contributed by atoms with Gasteiger partial charge in [-0.15, -0.1) is 0 Å². The zero-order valence-electron chi connectivity index (χ0n) is 11.2. The van der Waals surface area contributed by atoms with Crippen LogP contribution in [0.4, 0.5) is 5.82 Å². The van der Waals surface area contributed by atoms with E-state index in [9.17, 15) is 10.1 Å². The Labute approximate surface area is 117 Å². The summed E-state index contributed by atoms with van der Waals surface area (Å²) in [6.45, 7) is 0. The predicted molar refractivity (Wildman–Crippen MR) is 73.2 cm³/mol. The topological polar surface area (TPSA) is 77.2 Å². The van der Waals surface area contributed by atoms with Crippen LogP contribution in [0.3, 0.4) is 0 Å². The van der Waals surface area contributed by atoms with Crippen molar-refractivity contribution >= 4 is 11.8 Å². The SMILES string of the molecule is N#Cc1cccnc1N1C2CCC1CC(CC(=O)O)C2. The first-order valence-corrected chi connectivity index (χ1v) is 7.04. The van der Waals surface area contributed by atoms with Crippen LogP contribution in [0.15, 0.2) is 18.3 Å². The standard InChI is InChI=1S/C15H17N3O2/c16-9-11-2-1-5-17-15(11)18-12-3-4-13(18)7-10(6-12)8-14(19)20/h1-2,5,10,12-13H,3-4,6-8H2,(H,19,20). The molecule has 1 aromatic rings. The molecule has 2 unspecified atom stereocenters. The van der Waals surface area contributed by atoms with E-state index >= 15 is 0 Å². The molecule has 5 heteroatoms. The van der Waals surface area contributed by atoms with E-state index in [-0.39, 0.29) is 12.3 Å². The Morgan fingerprint density at radius 1 is 1.45 bits per heavy atom. The van der Waals surface area contributed by atoms with Crippen molar-refractivity contribution in [2.45, 2.75) is 44.2 Å². The summed E-state index contributed by atoms with van der Waals surface area (Å²) in [4.78, 5) is 17.5. The van der Waals surface area contributed by atoms with Crippen molar-refractivity contribution in [1.29, 1.82) is 5.26 Å². The Morgan fingerprint density at radius 3 is 2.75 bits per heavy atom. The van der Waals surface area contributed by atoms with Gasteiger partial charge in [-0.1, -0.05) is 0 Å². The lowest BCUT2D eigenvalue weighted by molar-refractivity contribution is -0.138. The number of hydrogen-bond donors (Lipinski definition) is 1. The van der Waals surface area contributed by atoms with Crippen LogP contribution >= 0.6 is 0 Å². The maximum Gasteiger partial charge on any atom is 0.303 e. The molecule has 2 atom stereocenters. The average Bonchev–Trinajstić information content (AvgIpc) is 2.69. The van der Waals surface area contributed by atoms with E-state index in [1.165, 1.54) is 0 Å². The van der Waals surface area contributed by atoms with Crippen LogP contribution in [-0.2, 0) is 4.79 Å². The summed E-state index contributed by atoms with van der Waals surface area (Å²) >= 11 is 0. The molecular weight excluding hydrogens is 254 g/mol. The van der Waals surface area contributed by atoms with Gasteiger partial charge >= 0.3 is 5.97 Å². The predicted octanol–water partition coefficient (Wildman–Crippen LogP) is 2.18. The molecule has 2 aliphatic rings. The number of aromatic nitrogens is 1. The third-order valence-electron chi connectivity index (χ3n) is 4.45. The molecule has 0 spiro atoms. The molecule has 0 amide bonds. The molecule has 2 aliphatic heterocycles. The first-order valence-electron chi connectivity index (χ1n) is 7.04. The minimum atomic E-state index is -0.710. The summed E-state index contributed by atoms with van der Waals surface area (Å²) in [6.07, 6.45) is 5.91. The maximum absolute atomic E-state index is 10.9. The summed E-state index contributed by atoms with van der Waals surface area (Å²) in [7, 11) is 0. The van der Waals surface area contributed by atoms with Crippen LogP contribution in [0.1, 0.15) is 37.7 Å². The first-order chi connectivity index (χ1) is 9.69. The summed E-state index contributed by atoms with van der Waals surface area (Å²) < 4.78 is 0. The van der Waals surface area contributed by atoms with Gasteiger partial charge in [-0.3, -0.25) is 4.79 Å². The van der Waals surface area contributed by atoms with Crippen molar-refractivity contribution in [3.63, 3.8) is 0 Å². The third kappa shape index (κ3) is 2.22. The largest absolute Gasteiger partial charge is 0.481 e. The third-order valence-corrected chi connectivity index (χ3v) is 4.45. The number of hydrogen-bond acceptors (Lipinski definition) is 4. The second-order valence-electron chi connectivity index (χ2n) is 5.71. The average molecular weight is 271 g/mol. The molecule has 5 nitrogen and oxygen atoms in total. The summed E-state index contributed by atoms with van der Waals surface area (Å²) in [5, 5.41) is 18.2. The van der Waals surface area contributed by atoms with Gasteiger partial charge < -0.3 is 10.0 Å². The Balaban J connectivity index is 1.84. The number of piperidine rings is 1. The summed E-state index contributed by atoms with van der Waals surface area (Å²) in [6, 6.07) is 6.45. The summed E-state index contributed by atoms with van der Waals surface area (Å²) in [5.74, 6) is 0.324. The van der Waals surface area contributed by atoms with Gasteiger partial charge in [-0.25, -0.2) is 4.98 Å². The van der Waals surface area contributed by atoms with Gasteiger partial charge in [-0.2, -0.15) is 5.26 Å². The van der Waals surface area contributed by atoms with Gasteiger partial charge in [0.2, 0.25) is 0 Å². The van der Waals surface area contributed by atoms with E-state index in [0.717, 1.165) is 31.5 Å². The molecule has 2 bridgehead atoms. The van der Waals surface area contributed by atoms with Crippen molar-refractivity contribution < 1.29 is 9.90 Å². The Hall–Kier alpha value is -2.09. The summed E-state index contributed by atoms with van der Waals surface area (Å²) in [5.41, 5.74) is 0.612. The highest BCUT2D eigenvalue weighted by molar-refractivity contribution is 5.67. The Kier molecular flexibility index (Phi) is 3.31. The molecule has 1 aromatic heterocycles. The number of pyridine rings is 1. The fourth-order valence-electron chi connectivity index (χ4n) is 3.74. The zero-order valence-corrected chi connectivity index (χ0v) is 11.2. The fourth-order valence-corrected chi connectivity index (χ4v) is 3.74. The van der Waals surface area contributed by atoms with Crippen LogP contribution in [0.25, 0.3) is 0 Å².